The summed E-state index contributed by atoms with van der Waals surface area (Å²) < 4.78 is 34.5. The van der Waals surface area contributed by atoms with Gasteiger partial charge in [-0.2, -0.15) is 4.31 Å². The third-order valence-corrected chi connectivity index (χ3v) is 8.07. The molecule has 2 aliphatic rings. The molecule has 0 aliphatic carbocycles. The van der Waals surface area contributed by atoms with Crippen LogP contribution < -0.4 is 0 Å². The van der Waals surface area contributed by atoms with E-state index in [0.717, 1.165) is 6.42 Å². The van der Waals surface area contributed by atoms with E-state index in [0.29, 0.717) is 42.7 Å². The Bertz CT molecular complexity index is 1180. The van der Waals surface area contributed by atoms with Gasteiger partial charge in [-0.15, -0.1) is 5.10 Å². The summed E-state index contributed by atoms with van der Waals surface area (Å²) >= 11 is 0. The SMILES string of the molecule is COC[C@H]1CN(Cc2cnn[nH]2)C(=O)[C@@H]2CCC[C@H]1N2S(=O)(=O)c1nc2ccccc2[nH]1. The lowest BCUT2D eigenvalue weighted by Crippen LogP contribution is -2.55. The molecule has 1 aromatic carbocycles. The molecule has 2 aromatic heterocycles. The number of H-pyrrole nitrogens is 2. The lowest BCUT2D eigenvalue weighted by atomic mass is 9.91. The normalized spacial score (nSPS) is 24.7. The highest BCUT2D eigenvalue weighted by atomic mass is 32.2. The molecule has 0 spiro atoms. The molecule has 2 aliphatic heterocycles. The highest BCUT2D eigenvalue weighted by molar-refractivity contribution is 7.89. The molecule has 4 heterocycles. The van der Waals surface area contributed by atoms with Crippen LogP contribution in [0.1, 0.15) is 25.0 Å². The molecule has 2 fully saturated rings. The number of hydrogen-bond donors (Lipinski definition) is 2. The van der Waals surface area contributed by atoms with Crippen molar-refractivity contribution in [1.29, 1.82) is 0 Å². The fraction of sp³-hybridized carbons (Fsp3) is 0.500. The Labute approximate surface area is 185 Å². The molecule has 0 saturated carbocycles. The average molecular weight is 460 g/mol. The highest BCUT2D eigenvalue weighted by Crippen LogP contribution is 2.37. The maximum atomic E-state index is 13.8. The fourth-order valence-electron chi connectivity index (χ4n) is 4.91. The number of sulfonamides is 1. The molecule has 2 saturated heterocycles. The van der Waals surface area contributed by atoms with Crippen molar-refractivity contribution < 1.29 is 17.9 Å². The number of hydrogen-bond acceptors (Lipinski definition) is 7. The van der Waals surface area contributed by atoms with Gasteiger partial charge >= 0.3 is 0 Å². The zero-order chi connectivity index (χ0) is 22.3. The van der Waals surface area contributed by atoms with Crippen LogP contribution in [0.3, 0.4) is 0 Å². The predicted molar refractivity (Wildman–Crippen MR) is 114 cm³/mol. The van der Waals surface area contributed by atoms with E-state index in [1.807, 2.05) is 6.07 Å². The number of nitrogens with one attached hydrogen (secondary N) is 2. The molecule has 3 aromatic rings. The molecule has 32 heavy (non-hydrogen) atoms. The molecule has 12 heteroatoms. The number of fused-ring (bicyclic) bond motifs is 3. The number of aromatic nitrogens is 5. The van der Waals surface area contributed by atoms with Crippen molar-refractivity contribution in [3.8, 4) is 0 Å². The Balaban J connectivity index is 1.56. The molecule has 2 bridgehead atoms. The molecule has 3 atom stereocenters. The number of amides is 1. The van der Waals surface area contributed by atoms with E-state index in [9.17, 15) is 13.2 Å². The third kappa shape index (κ3) is 3.57. The van der Waals surface area contributed by atoms with Crippen LogP contribution in [0.5, 0.6) is 0 Å². The summed E-state index contributed by atoms with van der Waals surface area (Å²) in [5, 5.41) is 10.1. The van der Waals surface area contributed by atoms with E-state index >= 15 is 0 Å². The summed E-state index contributed by atoms with van der Waals surface area (Å²) in [5.74, 6) is -0.396. The largest absolute Gasteiger partial charge is 0.384 e. The standard InChI is InChI=1S/C20H25N7O4S/c1-31-12-13-10-26(11-14-9-21-25-24-14)19(28)18-8-4-7-17(13)27(18)32(29,30)20-22-15-5-2-3-6-16(15)23-20/h2-3,5-6,9,13,17-18H,4,7-8,10-12H2,1H3,(H,22,23)(H,21,24,25)/t13-,17-,18+/m1/s1. The first-order valence-electron chi connectivity index (χ1n) is 10.6. The van der Waals surface area contributed by atoms with Gasteiger partial charge in [0.2, 0.25) is 11.1 Å². The van der Waals surface area contributed by atoms with Crippen molar-refractivity contribution in [2.24, 2.45) is 5.92 Å². The van der Waals surface area contributed by atoms with E-state index in [-0.39, 0.29) is 29.6 Å². The van der Waals surface area contributed by atoms with Gasteiger partial charge in [0, 0.05) is 25.6 Å². The smallest absolute Gasteiger partial charge is 0.277 e. The van der Waals surface area contributed by atoms with Crippen molar-refractivity contribution >= 4 is 27.0 Å². The average Bonchev–Trinajstić information content (AvgIpc) is 3.45. The highest BCUT2D eigenvalue weighted by Gasteiger charge is 2.50. The molecule has 5 rings (SSSR count). The minimum Gasteiger partial charge on any atom is -0.384 e. The number of methoxy groups -OCH3 is 1. The number of rotatable bonds is 6. The summed E-state index contributed by atoms with van der Waals surface area (Å²) in [6.45, 7) is 1.02. The first-order chi connectivity index (χ1) is 15.5. The van der Waals surface area contributed by atoms with Gasteiger partial charge < -0.3 is 14.6 Å². The molecular weight excluding hydrogens is 434 g/mol. The van der Waals surface area contributed by atoms with Gasteiger partial charge in [0.05, 0.1) is 36.1 Å². The zero-order valence-electron chi connectivity index (χ0n) is 17.6. The number of benzene rings is 1. The predicted octanol–water partition coefficient (Wildman–Crippen LogP) is 0.898. The fourth-order valence-corrected chi connectivity index (χ4v) is 6.72. The summed E-state index contributed by atoms with van der Waals surface area (Å²) in [6, 6.07) is 6.01. The quantitative estimate of drug-likeness (QED) is 0.559. The molecule has 2 N–H and O–H groups in total. The van der Waals surface area contributed by atoms with E-state index in [1.54, 1.807) is 36.4 Å². The first kappa shape index (κ1) is 21.0. The number of carbonyl (C=O) groups is 1. The second-order valence-corrected chi connectivity index (χ2v) is 10.1. The van der Waals surface area contributed by atoms with Gasteiger partial charge in [0.1, 0.15) is 6.04 Å². The van der Waals surface area contributed by atoms with Gasteiger partial charge in [0.15, 0.2) is 0 Å². The van der Waals surface area contributed by atoms with Gasteiger partial charge in [-0.1, -0.05) is 17.3 Å². The van der Waals surface area contributed by atoms with Crippen LogP contribution in [0.4, 0.5) is 0 Å². The zero-order valence-corrected chi connectivity index (χ0v) is 18.5. The number of nitrogens with zero attached hydrogens (tertiary/aromatic N) is 5. The maximum absolute atomic E-state index is 13.8. The third-order valence-electron chi connectivity index (χ3n) is 6.30. The summed E-state index contributed by atoms with van der Waals surface area (Å²) in [5.41, 5.74) is 1.90. The number of imidazole rings is 1. The van der Waals surface area contributed by atoms with Gasteiger partial charge in [-0.25, -0.2) is 13.4 Å². The van der Waals surface area contributed by atoms with Gasteiger partial charge in [0.25, 0.3) is 10.0 Å². The Kier molecular flexibility index (Phi) is 5.43. The van der Waals surface area contributed by atoms with Crippen LogP contribution in [0.25, 0.3) is 11.0 Å². The van der Waals surface area contributed by atoms with Crippen molar-refractivity contribution in [1.82, 2.24) is 34.6 Å². The molecule has 1 amide bonds. The maximum Gasteiger partial charge on any atom is 0.277 e. The first-order valence-corrected chi connectivity index (χ1v) is 12.0. The van der Waals surface area contributed by atoms with Crippen molar-refractivity contribution in [3.05, 3.63) is 36.2 Å². The lowest BCUT2D eigenvalue weighted by molar-refractivity contribution is -0.135. The molecule has 0 unspecified atom stereocenters. The molecule has 0 radical (unpaired) electrons. The van der Waals surface area contributed by atoms with Crippen LogP contribution >= 0.6 is 0 Å². The molecule has 170 valence electrons. The van der Waals surface area contributed by atoms with Crippen molar-refractivity contribution in [2.45, 2.75) is 43.0 Å². The van der Waals surface area contributed by atoms with E-state index in [2.05, 4.69) is 25.4 Å². The minimum absolute atomic E-state index is 0.134. The van der Waals surface area contributed by atoms with Crippen LogP contribution in [0.15, 0.2) is 35.6 Å². The summed E-state index contributed by atoms with van der Waals surface area (Å²) in [4.78, 5) is 22.5. The number of piperidine rings is 1. The number of carbonyl (C=O) groups excluding carboxylic acids is 1. The van der Waals surface area contributed by atoms with Crippen LogP contribution in [-0.4, -0.2) is 81.3 Å². The minimum atomic E-state index is -4.04. The number of aromatic amines is 2. The van der Waals surface area contributed by atoms with Crippen molar-refractivity contribution in [3.63, 3.8) is 0 Å². The second-order valence-electron chi connectivity index (χ2n) is 8.32. The van der Waals surface area contributed by atoms with E-state index < -0.39 is 16.1 Å². The Morgan fingerprint density at radius 2 is 2.09 bits per heavy atom. The molecular formula is C20H25N7O4S. The van der Waals surface area contributed by atoms with E-state index in [1.165, 1.54) is 4.31 Å². The second kappa shape index (κ2) is 8.26. The summed E-state index contributed by atoms with van der Waals surface area (Å²) in [6.07, 6.45) is 3.47. The lowest BCUT2D eigenvalue weighted by Gasteiger charge is -2.39. The Hall–Kier alpha value is -2.83. The van der Waals surface area contributed by atoms with Crippen LogP contribution in [0.2, 0.25) is 0 Å². The summed E-state index contributed by atoms with van der Waals surface area (Å²) in [7, 11) is -2.45. The van der Waals surface area contributed by atoms with Crippen LogP contribution in [0, 0.1) is 5.92 Å². The topological polar surface area (TPSA) is 137 Å². The van der Waals surface area contributed by atoms with E-state index in [4.69, 9.17) is 4.74 Å². The Morgan fingerprint density at radius 3 is 2.84 bits per heavy atom. The molecule has 11 nitrogen and oxygen atoms in total. The van der Waals surface area contributed by atoms with Crippen molar-refractivity contribution in [2.75, 3.05) is 20.3 Å². The number of ether oxygens (including phenoxy) is 1. The Morgan fingerprint density at radius 1 is 1.25 bits per heavy atom. The van der Waals surface area contributed by atoms with Gasteiger partial charge in [-0.05, 0) is 31.4 Å². The van der Waals surface area contributed by atoms with Crippen LogP contribution in [-0.2, 0) is 26.1 Å². The van der Waals surface area contributed by atoms with Gasteiger partial charge in [-0.3, -0.25) is 9.89 Å². The monoisotopic (exact) mass is 459 g/mol. The number of para-hydroxylation sites is 2.